The largest absolute Gasteiger partial charge is 0.377 e. The van der Waals surface area contributed by atoms with E-state index >= 15 is 0 Å². The van der Waals surface area contributed by atoms with Crippen LogP contribution >= 0.6 is 35.3 Å². The van der Waals surface area contributed by atoms with Crippen molar-refractivity contribution in [2.75, 3.05) is 23.3 Å². The third-order valence-electron chi connectivity index (χ3n) is 4.93. The zero-order valence-electron chi connectivity index (χ0n) is 17.7. The van der Waals surface area contributed by atoms with Crippen molar-refractivity contribution in [2.24, 2.45) is 0 Å². The van der Waals surface area contributed by atoms with Crippen molar-refractivity contribution in [3.05, 3.63) is 83.9 Å². The Bertz CT molecular complexity index is 1310. The molecule has 4 aromatic rings. The van der Waals surface area contributed by atoms with Crippen LogP contribution in [0.5, 0.6) is 0 Å². The highest BCUT2D eigenvalue weighted by atomic mass is 35.5. The quantitative estimate of drug-likeness (QED) is 0.263. The van der Waals surface area contributed by atoms with Crippen LogP contribution in [0.3, 0.4) is 0 Å². The molecule has 2 aromatic carbocycles. The van der Waals surface area contributed by atoms with Gasteiger partial charge in [-0.05, 0) is 60.5 Å². The van der Waals surface area contributed by atoms with Crippen molar-refractivity contribution in [3.63, 3.8) is 0 Å². The van der Waals surface area contributed by atoms with Gasteiger partial charge in [-0.15, -0.1) is 0 Å². The van der Waals surface area contributed by atoms with Crippen molar-refractivity contribution in [1.82, 2.24) is 15.0 Å². The smallest absolute Gasteiger partial charge is 0.223 e. The maximum atomic E-state index is 15.0. The van der Waals surface area contributed by atoms with Crippen LogP contribution < -0.4 is 10.0 Å². The fourth-order valence-electron chi connectivity index (χ4n) is 3.14. The molecule has 0 aliphatic carbocycles. The van der Waals surface area contributed by atoms with E-state index in [4.69, 9.17) is 16.3 Å². The molecule has 0 bridgehead atoms. The zero-order chi connectivity index (χ0) is 23.3. The summed E-state index contributed by atoms with van der Waals surface area (Å²) >= 11 is 8.77. The molecule has 5 rings (SSSR count). The van der Waals surface area contributed by atoms with E-state index in [0.29, 0.717) is 45.5 Å². The minimum Gasteiger partial charge on any atom is -0.377 e. The Morgan fingerprint density at radius 3 is 2.65 bits per heavy atom. The Morgan fingerprint density at radius 1 is 0.971 bits per heavy atom. The van der Waals surface area contributed by atoms with Crippen molar-refractivity contribution in [2.45, 2.75) is 20.9 Å². The molecule has 10 heteroatoms. The Labute approximate surface area is 209 Å². The number of anilines is 2. The van der Waals surface area contributed by atoms with Gasteiger partial charge in [-0.1, -0.05) is 35.5 Å². The molecule has 1 saturated heterocycles. The maximum absolute atomic E-state index is 15.0. The number of rotatable bonds is 8. The molecule has 0 atom stereocenters. The van der Waals surface area contributed by atoms with Crippen LogP contribution in [-0.4, -0.2) is 34.2 Å². The second kappa shape index (κ2) is 10.6. The Kier molecular flexibility index (Phi) is 7.15. The molecule has 1 fully saturated rings. The lowest BCUT2D eigenvalue weighted by molar-refractivity contribution is 0.0208. The summed E-state index contributed by atoms with van der Waals surface area (Å²) in [7, 11) is 0. The topological polar surface area (TPSA) is 72.0 Å². The number of nitrogens with zero attached hydrogens (tertiary/aromatic N) is 3. The van der Waals surface area contributed by atoms with E-state index in [-0.39, 0.29) is 11.9 Å². The highest BCUT2D eigenvalue weighted by molar-refractivity contribution is 8.00. The number of pyridine rings is 1. The van der Waals surface area contributed by atoms with Crippen molar-refractivity contribution in [3.8, 4) is 11.3 Å². The van der Waals surface area contributed by atoms with Crippen LogP contribution in [0.15, 0.2) is 87.9 Å². The third kappa shape index (κ3) is 5.44. The fraction of sp³-hybridized carbons (Fsp3) is 0.125. The molecule has 6 nitrogen and oxygen atoms in total. The molecule has 2 N–H and O–H groups in total. The molecule has 34 heavy (non-hydrogen) atoms. The molecule has 0 unspecified atom stereocenters. The molecule has 172 valence electrons. The molecule has 0 spiro atoms. The highest BCUT2D eigenvalue weighted by Gasteiger charge is 2.19. The van der Waals surface area contributed by atoms with Gasteiger partial charge in [0.1, 0.15) is 10.8 Å². The summed E-state index contributed by atoms with van der Waals surface area (Å²) in [6.45, 7) is 1.28. The van der Waals surface area contributed by atoms with Crippen LogP contribution in [0.25, 0.3) is 11.3 Å². The SMILES string of the molecule is Fc1cc(NSc2ccccc2Cl)ccc1Sc1ncccc1-c1ccnc(NC2COC2)n1. The van der Waals surface area contributed by atoms with E-state index in [1.165, 1.54) is 29.8 Å². The first-order valence-corrected chi connectivity index (χ1v) is 12.4. The van der Waals surface area contributed by atoms with Gasteiger partial charge < -0.3 is 14.8 Å². The molecule has 0 radical (unpaired) electrons. The number of benzene rings is 2. The van der Waals surface area contributed by atoms with Crippen molar-refractivity contribution >= 4 is 46.9 Å². The standard InChI is InChI=1S/C24H19ClFN5OS2/c25-18-5-1-2-6-21(18)34-31-15-7-8-22(19(26)12-15)33-23-17(4-3-10-27-23)20-9-11-28-24(30-20)29-16-13-32-14-16/h1-12,16,31H,13-14H2,(H,28,29,30). The third-order valence-corrected chi connectivity index (χ3v) is 7.35. The summed E-state index contributed by atoms with van der Waals surface area (Å²) in [5.74, 6) is 0.185. The Hall–Kier alpha value is -2.85. The van der Waals surface area contributed by atoms with Crippen LogP contribution in [0.1, 0.15) is 0 Å². The number of nitrogens with one attached hydrogen (secondary N) is 2. The lowest BCUT2D eigenvalue weighted by atomic mass is 10.2. The van der Waals surface area contributed by atoms with Crippen molar-refractivity contribution < 1.29 is 9.13 Å². The normalized spacial score (nSPS) is 13.4. The molecular weight excluding hydrogens is 493 g/mol. The summed E-state index contributed by atoms with van der Waals surface area (Å²) in [5.41, 5.74) is 2.15. The van der Waals surface area contributed by atoms with Crippen LogP contribution in [0.4, 0.5) is 16.0 Å². The minimum atomic E-state index is -0.346. The first-order chi connectivity index (χ1) is 16.7. The van der Waals surface area contributed by atoms with E-state index in [0.717, 1.165) is 10.5 Å². The zero-order valence-corrected chi connectivity index (χ0v) is 20.1. The van der Waals surface area contributed by atoms with Crippen molar-refractivity contribution in [1.29, 1.82) is 0 Å². The summed E-state index contributed by atoms with van der Waals surface area (Å²) in [5, 5.41) is 4.54. The van der Waals surface area contributed by atoms with Gasteiger partial charge in [-0.25, -0.2) is 19.3 Å². The Balaban J connectivity index is 1.32. The Morgan fingerprint density at radius 2 is 1.85 bits per heavy atom. The average molecular weight is 512 g/mol. The number of ether oxygens (including phenoxy) is 1. The molecule has 1 aliphatic heterocycles. The number of hydrogen-bond acceptors (Lipinski definition) is 8. The van der Waals surface area contributed by atoms with E-state index in [9.17, 15) is 4.39 Å². The lowest BCUT2D eigenvalue weighted by Crippen LogP contribution is -2.40. The van der Waals surface area contributed by atoms with Gasteiger partial charge in [0, 0.05) is 33.4 Å². The van der Waals surface area contributed by atoms with Gasteiger partial charge in [0.2, 0.25) is 5.95 Å². The van der Waals surface area contributed by atoms with Gasteiger partial charge in [-0.2, -0.15) is 0 Å². The monoisotopic (exact) mass is 511 g/mol. The first kappa shape index (κ1) is 22.9. The molecule has 1 aliphatic rings. The highest BCUT2D eigenvalue weighted by Crippen LogP contribution is 2.36. The summed E-state index contributed by atoms with van der Waals surface area (Å²) in [6.07, 6.45) is 3.38. The molecule has 3 heterocycles. The maximum Gasteiger partial charge on any atom is 0.223 e. The first-order valence-electron chi connectivity index (χ1n) is 10.4. The number of hydrogen-bond donors (Lipinski definition) is 2. The summed E-state index contributed by atoms with van der Waals surface area (Å²) in [6, 6.07) is 18.3. The van der Waals surface area contributed by atoms with Gasteiger partial charge >= 0.3 is 0 Å². The lowest BCUT2D eigenvalue weighted by Gasteiger charge is -2.26. The summed E-state index contributed by atoms with van der Waals surface area (Å²) < 4.78 is 23.3. The van der Waals surface area contributed by atoms with E-state index in [1.807, 2.05) is 48.5 Å². The second-order valence-corrected chi connectivity index (χ2v) is 9.67. The molecule has 0 amide bonds. The number of halogens is 2. The van der Waals surface area contributed by atoms with Crippen LogP contribution in [0.2, 0.25) is 5.02 Å². The van der Waals surface area contributed by atoms with Crippen LogP contribution in [0, 0.1) is 5.82 Å². The second-order valence-electron chi connectivity index (χ2n) is 7.38. The van der Waals surface area contributed by atoms with E-state index in [1.54, 1.807) is 18.5 Å². The predicted molar refractivity (Wildman–Crippen MR) is 135 cm³/mol. The van der Waals surface area contributed by atoms with Gasteiger partial charge in [-0.3, -0.25) is 0 Å². The van der Waals surface area contributed by atoms with Gasteiger partial charge in [0.05, 0.1) is 30.0 Å². The molecule has 0 saturated carbocycles. The minimum absolute atomic E-state index is 0.218. The van der Waals surface area contributed by atoms with Gasteiger partial charge in [0.15, 0.2) is 0 Å². The number of aromatic nitrogens is 3. The molecule has 2 aromatic heterocycles. The fourth-order valence-corrected chi connectivity index (χ4v) is 4.95. The van der Waals surface area contributed by atoms with E-state index < -0.39 is 0 Å². The molecular formula is C24H19ClFN5OS2. The average Bonchev–Trinajstić information content (AvgIpc) is 2.83. The van der Waals surface area contributed by atoms with Crippen LogP contribution in [-0.2, 0) is 4.74 Å². The van der Waals surface area contributed by atoms with E-state index in [2.05, 4.69) is 25.0 Å². The summed E-state index contributed by atoms with van der Waals surface area (Å²) in [4.78, 5) is 14.7. The van der Waals surface area contributed by atoms with Gasteiger partial charge in [0.25, 0.3) is 0 Å². The predicted octanol–water partition coefficient (Wildman–Crippen LogP) is 6.41.